The highest BCUT2D eigenvalue weighted by Gasteiger charge is 2.17. The first kappa shape index (κ1) is 16.1. The Morgan fingerprint density at radius 1 is 1.43 bits per heavy atom. The summed E-state index contributed by atoms with van der Waals surface area (Å²) in [6.45, 7) is 1.86. The predicted octanol–water partition coefficient (Wildman–Crippen LogP) is 3.37. The minimum Gasteiger partial charge on any atom is -0.397 e. The van der Waals surface area contributed by atoms with Crippen LogP contribution < -0.4 is 11.1 Å². The fourth-order valence-corrected chi connectivity index (χ4v) is 3.04. The van der Waals surface area contributed by atoms with Gasteiger partial charge in [0.1, 0.15) is 0 Å². The van der Waals surface area contributed by atoms with Gasteiger partial charge in [0.2, 0.25) is 5.91 Å². The molecule has 0 saturated heterocycles. The van der Waals surface area contributed by atoms with Crippen molar-refractivity contribution in [3.05, 3.63) is 23.2 Å². The van der Waals surface area contributed by atoms with Crippen LogP contribution in [0, 0.1) is 5.92 Å². The van der Waals surface area contributed by atoms with Crippen molar-refractivity contribution in [3.63, 3.8) is 0 Å². The van der Waals surface area contributed by atoms with Crippen molar-refractivity contribution in [3.8, 4) is 0 Å². The van der Waals surface area contributed by atoms with Gasteiger partial charge in [-0.1, -0.05) is 24.4 Å². The summed E-state index contributed by atoms with van der Waals surface area (Å²) >= 11 is 5.91. The number of amides is 1. The number of nitrogens with two attached hydrogens (primary N) is 1. The summed E-state index contributed by atoms with van der Waals surface area (Å²) in [6.07, 6.45) is 5.83. The highest BCUT2D eigenvalue weighted by atomic mass is 35.5. The molecule has 1 aromatic carbocycles. The van der Waals surface area contributed by atoms with Gasteiger partial charge >= 0.3 is 0 Å². The average Bonchev–Trinajstić information content (AvgIpc) is 2.93. The monoisotopic (exact) mass is 309 g/mol. The number of hydrogen-bond acceptors (Lipinski definition) is 3. The van der Waals surface area contributed by atoms with Gasteiger partial charge in [-0.2, -0.15) is 0 Å². The van der Waals surface area contributed by atoms with Crippen molar-refractivity contribution in [2.45, 2.75) is 32.1 Å². The Labute approximate surface area is 131 Å². The van der Waals surface area contributed by atoms with Gasteiger partial charge < -0.3 is 16.0 Å². The molecule has 1 aliphatic rings. The number of nitrogen functional groups attached to an aromatic ring is 1. The van der Waals surface area contributed by atoms with Crippen molar-refractivity contribution < 1.29 is 4.79 Å². The Bertz CT molecular complexity index is 486. The maximum Gasteiger partial charge on any atom is 0.225 e. The van der Waals surface area contributed by atoms with E-state index in [0.29, 0.717) is 22.8 Å². The van der Waals surface area contributed by atoms with E-state index in [4.69, 9.17) is 17.3 Å². The summed E-state index contributed by atoms with van der Waals surface area (Å²) in [4.78, 5) is 14.2. The second-order valence-electron chi connectivity index (χ2n) is 5.94. The quantitative estimate of drug-likeness (QED) is 0.792. The van der Waals surface area contributed by atoms with Gasteiger partial charge in [0.15, 0.2) is 0 Å². The number of nitrogens with zero attached hydrogens (tertiary/aromatic N) is 1. The van der Waals surface area contributed by atoms with Crippen LogP contribution in [0.1, 0.15) is 32.1 Å². The minimum atomic E-state index is -0.0257. The molecule has 0 atom stereocenters. The summed E-state index contributed by atoms with van der Waals surface area (Å²) in [5.74, 6) is 0.781. The lowest BCUT2D eigenvalue weighted by Crippen LogP contribution is -2.28. The smallest absolute Gasteiger partial charge is 0.225 e. The molecule has 0 radical (unpaired) electrons. The zero-order valence-electron chi connectivity index (χ0n) is 12.6. The second kappa shape index (κ2) is 7.66. The van der Waals surface area contributed by atoms with E-state index >= 15 is 0 Å². The fraction of sp³-hybridized carbons (Fsp3) is 0.562. The first-order chi connectivity index (χ1) is 10.0. The Kier molecular flexibility index (Phi) is 5.88. The topological polar surface area (TPSA) is 58.4 Å². The Morgan fingerprint density at radius 2 is 2.14 bits per heavy atom. The van der Waals surface area contributed by atoms with Crippen molar-refractivity contribution in [2.75, 3.05) is 31.2 Å². The van der Waals surface area contributed by atoms with Crippen LogP contribution >= 0.6 is 11.6 Å². The molecule has 1 aromatic rings. The summed E-state index contributed by atoms with van der Waals surface area (Å²) in [5, 5.41) is 3.39. The van der Waals surface area contributed by atoms with Crippen molar-refractivity contribution in [1.29, 1.82) is 0 Å². The van der Waals surface area contributed by atoms with E-state index in [9.17, 15) is 4.79 Å². The number of hydrogen-bond donors (Lipinski definition) is 2. The highest BCUT2D eigenvalue weighted by molar-refractivity contribution is 6.31. The molecule has 5 heteroatoms. The zero-order valence-corrected chi connectivity index (χ0v) is 13.3. The number of carbonyl (C=O) groups is 1. The minimum absolute atomic E-state index is 0.0257. The molecule has 2 rings (SSSR count). The van der Waals surface area contributed by atoms with E-state index in [1.807, 2.05) is 0 Å². The average molecular weight is 310 g/mol. The molecule has 1 aliphatic carbocycles. The number of rotatable bonds is 6. The van der Waals surface area contributed by atoms with Crippen molar-refractivity contribution in [1.82, 2.24) is 4.90 Å². The largest absolute Gasteiger partial charge is 0.397 e. The lowest BCUT2D eigenvalue weighted by atomic mass is 10.1. The first-order valence-electron chi connectivity index (χ1n) is 7.58. The maximum absolute atomic E-state index is 12.0. The maximum atomic E-state index is 12.0. The molecule has 0 aromatic heterocycles. The Hall–Kier alpha value is -1.26. The van der Waals surface area contributed by atoms with Crippen LogP contribution in [0.2, 0.25) is 5.02 Å². The van der Waals surface area contributed by atoms with Crippen LogP contribution in [0.15, 0.2) is 18.2 Å². The summed E-state index contributed by atoms with van der Waals surface area (Å²) < 4.78 is 0. The third kappa shape index (κ3) is 5.21. The van der Waals surface area contributed by atoms with Crippen LogP contribution in [0.3, 0.4) is 0 Å². The molecule has 0 spiro atoms. The number of anilines is 2. The van der Waals surface area contributed by atoms with Gasteiger partial charge in [0.25, 0.3) is 0 Å². The normalized spacial score (nSPS) is 15.6. The van der Waals surface area contributed by atoms with E-state index in [1.54, 1.807) is 18.2 Å². The van der Waals surface area contributed by atoms with Crippen LogP contribution in [0.4, 0.5) is 11.4 Å². The summed E-state index contributed by atoms with van der Waals surface area (Å²) in [7, 11) is 2.08. The molecule has 0 aliphatic heterocycles. The first-order valence-corrected chi connectivity index (χ1v) is 7.96. The van der Waals surface area contributed by atoms with Crippen LogP contribution in [0.25, 0.3) is 0 Å². The lowest BCUT2D eigenvalue weighted by Gasteiger charge is -2.20. The molecule has 21 heavy (non-hydrogen) atoms. The molecule has 3 N–H and O–H groups in total. The Morgan fingerprint density at radius 3 is 2.86 bits per heavy atom. The molecule has 4 nitrogen and oxygen atoms in total. The molecular weight excluding hydrogens is 286 g/mol. The van der Waals surface area contributed by atoms with Gasteiger partial charge in [-0.25, -0.2) is 0 Å². The summed E-state index contributed by atoms with van der Waals surface area (Å²) in [5.41, 5.74) is 6.94. The molecule has 1 saturated carbocycles. The zero-order chi connectivity index (χ0) is 15.2. The van der Waals surface area contributed by atoms with Gasteiger partial charge in [0, 0.05) is 24.5 Å². The van der Waals surface area contributed by atoms with Crippen LogP contribution in [0.5, 0.6) is 0 Å². The highest BCUT2D eigenvalue weighted by Crippen LogP contribution is 2.25. The van der Waals surface area contributed by atoms with Gasteiger partial charge in [0.05, 0.1) is 11.4 Å². The molecule has 1 amide bonds. The third-order valence-corrected chi connectivity index (χ3v) is 4.29. The predicted molar refractivity (Wildman–Crippen MR) is 88.6 cm³/mol. The molecule has 0 heterocycles. The van der Waals surface area contributed by atoms with Crippen molar-refractivity contribution in [2.24, 2.45) is 5.92 Å². The van der Waals surface area contributed by atoms with E-state index in [2.05, 4.69) is 17.3 Å². The van der Waals surface area contributed by atoms with Crippen molar-refractivity contribution >= 4 is 28.9 Å². The molecule has 0 unspecified atom stereocenters. The molecule has 1 fully saturated rings. The fourth-order valence-electron chi connectivity index (χ4n) is 2.87. The van der Waals surface area contributed by atoms with Crippen LogP contribution in [-0.2, 0) is 4.79 Å². The third-order valence-electron chi connectivity index (χ3n) is 4.05. The number of halogens is 1. The van der Waals surface area contributed by atoms with Crippen LogP contribution in [-0.4, -0.2) is 30.9 Å². The van der Waals surface area contributed by atoms with Gasteiger partial charge in [-0.05, 0) is 44.0 Å². The van der Waals surface area contributed by atoms with E-state index in [-0.39, 0.29) is 5.91 Å². The standard InChI is InChI=1S/C16H24ClN3O/c1-20(11-12-4-2-3-5-12)9-8-16(21)19-15-10-13(17)6-7-14(15)18/h6-7,10,12H,2-5,8-9,11,18H2,1H3,(H,19,21). The van der Waals surface area contributed by atoms with Gasteiger partial charge in [-0.3, -0.25) is 4.79 Å². The summed E-state index contributed by atoms with van der Waals surface area (Å²) in [6, 6.07) is 5.09. The number of benzene rings is 1. The lowest BCUT2D eigenvalue weighted by molar-refractivity contribution is -0.116. The second-order valence-corrected chi connectivity index (χ2v) is 6.38. The van der Waals surface area contributed by atoms with E-state index in [0.717, 1.165) is 19.0 Å². The molecule has 0 bridgehead atoms. The Balaban J connectivity index is 1.75. The molecule has 116 valence electrons. The van der Waals surface area contributed by atoms with E-state index < -0.39 is 0 Å². The number of carbonyl (C=O) groups excluding carboxylic acids is 1. The van der Waals surface area contributed by atoms with E-state index in [1.165, 1.54) is 25.7 Å². The molecular formula is C16H24ClN3O. The SMILES string of the molecule is CN(CCC(=O)Nc1cc(Cl)ccc1N)CC1CCCC1. The van der Waals surface area contributed by atoms with Gasteiger partial charge in [-0.15, -0.1) is 0 Å². The number of nitrogens with one attached hydrogen (secondary N) is 1.